The highest BCUT2D eigenvalue weighted by Crippen LogP contribution is 2.29. The fraction of sp³-hybridized carbons (Fsp3) is 0.632. The van der Waals surface area contributed by atoms with Gasteiger partial charge in [0.1, 0.15) is 11.5 Å². The minimum Gasteiger partial charge on any atom is -0.494 e. The number of ether oxygens (including phenoxy) is 2. The summed E-state index contributed by atoms with van der Waals surface area (Å²) >= 11 is 0. The van der Waals surface area contributed by atoms with Crippen LogP contribution in [0.4, 0.5) is 5.69 Å². The zero-order valence-electron chi connectivity index (χ0n) is 15.9. The van der Waals surface area contributed by atoms with E-state index in [4.69, 9.17) is 15.2 Å². The third-order valence-corrected chi connectivity index (χ3v) is 4.30. The van der Waals surface area contributed by atoms with Gasteiger partial charge in [0.25, 0.3) is 0 Å². The van der Waals surface area contributed by atoms with Gasteiger partial charge < -0.3 is 30.5 Å². The van der Waals surface area contributed by atoms with Crippen LogP contribution in [0.2, 0.25) is 0 Å². The lowest BCUT2D eigenvalue weighted by molar-refractivity contribution is 0.0824. The molecule has 0 amide bonds. The van der Waals surface area contributed by atoms with Crippen molar-refractivity contribution < 1.29 is 14.6 Å². The fourth-order valence-corrected chi connectivity index (χ4v) is 2.96. The summed E-state index contributed by atoms with van der Waals surface area (Å²) in [5.74, 6) is 1.85. The zero-order valence-corrected chi connectivity index (χ0v) is 15.9. The van der Waals surface area contributed by atoms with Gasteiger partial charge in [0.05, 0.1) is 25.0 Å². The summed E-state index contributed by atoms with van der Waals surface area (Å²) in [6.45, 7) is 8.62. The van der Waals surface area contributed by atoms with Crippen LogP contribution in [0, 0.1) is 0 Å². The van der Waals surface area contributed by atoms with Crippen molar-refractivity contribution in [1.82, 2.24) is 4.90 Å². The van der Waals surface area contributed by atoms with E-state index in [9.17, 15) is 5.11 Å². The summed E-state index contributed by atoms with van der Waals surface area (Å²) < 4.78 is 11.2. The van der Waals surface area contributed by atoms with Crippen LogP contribution >= 0.6 is 0 Å². The van der Waals surface area contributed by atoms with Gasteiger partial charge in [-0.2, -0.15) is 0 Å². The van der Waals surface area contributed by atoms with E-state index >= 15 is 0 Å². The Hall–Kier alpha value is -1.99. The minimum absolute atomic E-state index is 0.129. The lowest BCUT2D eigenvalue weighted by atomic mass is 10.1. The highest BCUT2D eigenvalue weighted by Gasteiger charge is 2.15. The maximum Gasteiger partial charge on any atom is 0.193 e. The average Bonchev–Trinajstić information content (AvgIpc) is 2.63. The molecule has 7 heteroatoms. The third kappa shape index (κ3) is 6.72. The van der Waals surface area contributed by atoms with Gasteiger partial charge >= 0.3 is 0 Å². The normalized spacial score (nSPS) is 16.5. The number of anilines is 1. The standard InChI is InChI=1S/C19H32N4O3/c1-3-25-16-6-7-18(26-4-2)17(14-16)22-19(20)21-10-5-11-23-12-8-15(24)9-13-23/h6-7,14-15,24H,3-5,8-13H2,1-2H3,(H3,20,21,22). The van der Waals surface area contributed by atoms with E-state index in [1.54, 1.807) is 0 Å². The lowest BCUT2D eigenvalue weighted by Crippen LogP contribution is -2.36. The molecule has 0 bridgehead atoms. The summed E-state index contributed by atoms with van der Waals surface area (Å²) in [6.07, 6.45) is 2.54. The number of nitrogens with zero attached hydrogens (tertiary/aromatic N) is 2. The highest BCUT2D eigenvalue weighted by molar-refractivity contribution is 5.94. The smallest absolute Gasteiger partial charge is 0.193 e. The quantitative estimate of drug-likeness (QED) is 0.353. The molecule has 7 nitrogen and oxygen atoms in total. The first-order valence-corrected chi connectivity index (χ1v) is 9.49. The second-order valence-corrected chi connectivity index (χ2v) is 6.34. The summed E-state index contributed by atoms with van der Waals surface area (Å²) in [5, 5.41) is 12.6. The first-order chi connectivity index (χ1) is 12.6. The van der Waals surface area contributed by atoms with Gasteiger partial charge in [-0.1, -0.05) is 0 Å². The van der Waals surface area contributed by atoms with Gasteiger partial charge in [0.2, 0.25) is 0 Å². The second-order valence-electron chi connectivity index (χ2n) is 6.34. The SMILES string of the molecule is CCOc1ccc(OCC)c(NC(N)=NCCCN2CCC(O)CC2)c1. The number of likely N-dealkylation sites (tertiary alicyclic amines) is 1. The topological polar surface area (TPSA) is 92.3 Å². The number of guanidine groups is 1. The molecule has 1 heterocycles. The molecule has 2 rings (SSSR count). The van der Waals surface area contributed by atoms with Crippen molar-refractivity contribution in [3.05, 3.63) is 18.2 Å². The molecule has 1 aliphatic heterocycles. The molecule has 1 aromatic carbocycles. The molecular formula is C19H32N4O3. The number of hydrogen-bond donors (Lipinski definition) is 3. The van der Waals surface area contributed by atoms with Crippen LogP contribution in [-0.4, -0.2) is 61.5 Å². The Morgan fingerprint density at radius 2 is 2.00 bits per heavy atom. The van der Waals surface area contributed by atoms with Crippen molar-refractivity contribution in [3.63, 3.8) is 0 Å². The second kappa shape index (κ2) is 10.9. The van der Waals surface area contributed by atoms with Crippen molar-refractivity contribution >= 4 is 11.6 Å². The number of benzene rings is 1. The molecule has 4 N–H and O–H groups in total. The number of aliphatic hydroxyl groups is 1. The molecule has 146 valence electrons. The van der Waals surface area contributed by atoms with Crippen LogP contribution in [-0.2, 0) is 0 Å². The number of rotatable bonds is 9. The number of aliphatic imine (C=N–C) groups is 1. The zero-order chi connectivity index (χ0) is 18.8. The van der Waals surface area contributed by atoms with Crippen molar-refractivity contribution in [2.24, 2.45) is 10.7 Å². The lowest BCUT2D eigenvalue weighted by Gasteiger charge is -2.29. The van der Waals surface area contributed by atoms with Crippen molar-refractivity contribution in [3.8, 4) is 11.5 Å². The molecule has 0 aromatic heterocycles. The Morgan fingerprint density at radius 3 is 2.69 bits per heavy atom. The van der Waals surface area contributed by atoms with E-state index in [1.165, 1.54) is 0 Å². The maximum absolute atomic E-state index is 9.53. The average molecular weight is 364 g/mol. The van der Waals surface area contributed by atoms with E-state index in [0.717, 1.165) is 56.1 Å². The number of nitrogens with one attached hydrogen (secondary N) is 1. The van der Waals surface area contributed by atoms with Crippen molar-refractivity contribution in [2.45, 2.75) is 39.2 Å². The summed E-state index contributed by atoms with van der Waals surface area (Å²) in [7, 11) is 0. The monoisotopic (exact) mass is 364 g/mol. The minimum atomic E-state index is -0.129. The van der Waals surface area contributed by atoms with Gasteiger partial charge in [-0.3, -0.25) is 4.99 Å². The number of hydrogen-bond acceptors (Lipinski definition) is 5. The third-order valence-electron chi connectivity index (χ3n) is 4.30. The van der Waals surface area contributed by atoms with E-state index in [0.29, 0.717) is 25.7 Å². The fourth-order valence-electron chi connectivity index (χ4n) is 2.96. The van der Waals surface area contributed by atoms with Crippen LogP contribution in [0.3, 0.4) is 0 Å². The van der Waals surface area contributed by atoms with Crippen LogP contribution in [0.1, 0.15) is 33.1 Å². The van der Waals surface area contributed by atoms with Crippen LogP contribution < -0.4 is 20.5 Å². The molecule has 0 aliphatic carbocycles. The molecule has 0 atom stereocenters. The molecule has 0 saturated carbocycles. The first kappa shape index (κ1) is 20.3. The first-order valence-electron chi connectivity index (χ1n) is 9.49. The Labute approximate surface area is 156 Å². The van der Waals surface area contributed by atoms with Crippen LogP contribution in [0.5, 0.6) is 11.5 Å². The van der Waals surface area contributed by atoms with Crippen molar-refractivity contribution in [2.75, 3.05) is 44.7 Å². The predicted molar refractivity (Wildman–Crippen MR) is 105 cm³/mol. The molecule has 26 heavy (non-hydrogen) atoms. The van der Waals surface area contributed by atoms with Crippen molar-refractivity contribution in [1.29, 1.82) is 0 Å². The molecule has 1 saturated heterocycles. The summed E-state index contributed by atoms with van der Waals surface area (Å²) in [4.78, 5) is 6.77. The van der Waals surface area contributed by atoms with Crippen LogP contribution in [0.15, 0.2) is 23.2 Å². The molecule has 1 fully saturated rings. The molecule has 0 unspecified atom stereocenters. The largest absolute Gasteiger partial charge is 0.494 e. The van der Waals surface area contributed by atoms with E-state index in [1.807, 2.05) is 32.0 Å². The molecule has 1 aliphatic rings. The van der Waals surface area contributed by atoms with Gasteiger partial charge in [0, 0.05) is 25.7 Å². The Balaban J connectivity index is 1.84. The summed E-state index contributed by atoms with van der Waals surface area (Å²) in [5.41, 5.74) is 6.78. The molecule has 1 aromatic rings. The maximum atomic E-state index is 9.53. The highest BCUT2D eigenvalue weighted by atomic mass is 16.5. The Kier molecular flexibility index (Phi) is 8.50. The van der Waals surface area contributed by atoms with Gasteiger partial charge in [-0.05, 0) is 51.8 Å². The van der Waals surface area contributed by atoms with Gasteiger partial charge in [0.15, 0.2) is 5.96 Å². The number of nitrogens with two attached hydrogens (primary N) is 1. The number of aliphatic hydroxyl groups excluding tert-OH is 1. The number of piperidine rings is 1. The van der Waals surface area contributed by atoms with Crippen LogP contribution in [0.25, 0.3) is 0 Å². The molecule has 0 spiro atoms. The Morgan fingerprint density at radius 1 is 1.27 bits per heavy atom. The molecule has 0 radical (unpaired) electrons. The van der Waals surface area contributed by atoms with Gasteiger partial charge in [-0.25, -0.2) is 0 Å². The summed E-state index contributed by atoms with van der Waals surface area (Å²) in [6, 6.07) is 5.62. The van der Waals surface area contributed by atoms with E-state index in [-0.39, 0.29) is 6.10 Å². The van der Waals surface area contributed by atoms with E-state index < -0.39 is 0 Å². The van der Waals surface area contributed by atoms with Gasteiger partial charge in [-0.15, -0.1) is 0 Å². The Bertz CT molecular complexity index is 572. The van der Waals surface area contributed by atoms with E-state index in [2.05, 4.69) is 15.2 Å². The molecular weight excluding hydrogens is 332 g/mol. The predicted octanol–water partition coefficient (Wildman–Crippen LogP) is 2.06.